The minimum atomic E-state index is -0.0218. The van der Waals surface area contributed by atoms with Gasteiger partial charge in [-0.15, -0.1) is 0 Å². The van der Waals surface area contributed by atoms with E-state index in [0.717, 1.165) is 5.56 Å². The van der Waals surface area contributed by atoms with E-state index in [-0.39, 0.29) is 11.5 Å². The standard InChI is InChI=1S/C10H11NO3/c1-3-14-10-8(13)5-4-7(2)9(10)11-6-12/h4-5,13H,3H2,1-2H3. The number of carbonyl (C=O) groups excluding carboxylic acids is 1. The second-order valence-corrected chi connectivity index (χ2v) is 2.72. The zero-order chi connectivity index (χ0) is 10.6. The van der Waals surface area contributed by atoms with Crippen LogP contribution in [0, 0.1) is 6.92 Å². The SMILES string of the molecule is CCOc1c(O)ccc(C)c1N=C=O. The van der Waals surface area contributed by atoms with Gasteiger partial charge in [-0.3, -0.25) is 0 Å². The summed E-state index contributed by atoms with van der Waals surface area (Å²) in [4.78, 5) is 13.7. The lowest BCUT2D eigenvalue weighted by Gasteiger charge is -2.09. The molecule has 0 amide bonds. The Kier molecular flexibility index (Phi) is 3.26. The molecule has 14 heavy (non-hydrogen) atoms. The fraction of sp³-hybridized carbons (Fsp3) is 0.300. The van der Waals surface area contributed by atoms with Gasteiger partial charge >= 0.3 is 0 Å². The van der Waals surface area contributed by atoms with Crippen molar-refractivity contribution in [3.8, 4) is 11.5 Å². The molecule has 0 heterocycles. The number of ether oxygens (including phenoxy) is 1. The summed E-state index contributed by atoms with van der Waals surface area (Å²) in [5.41, 5.74) is 1.09. The summed E-state index contributed by atoms with van der Waals surface area (Å²) >= 11 is 0. The van der Waals surface area contributed by atoms with Gasteiger partial charge in [0.15, 0.2) is 11.5 Å². The van der Waals surface area contributed by atoms with Crippen molar-refractivity contribution in [3.63, 3.8) is 0 Å². The number of phenols is 1. The molecule has 0 saturated carbocycles. The minimum absolute atomic E-state index is 0.0218. The Morgan fingerprint density at radius 2 is 2.29 bits per heavy atom. The van der Waals surface area contributed by atoms with Crippen LogP contribution in [0.3, 0.4) is 0 Å². The van der Waals surface area contributed by atoms with E-state index in [9.17, 15) is 9.90 Å². The van der Waals surface area contributed by atoms with Gasteiger partial charge in [0, 0.05) is 0 Å². The molecule has 0 saturated heterocycles. The smallest absolute Gasteiger partial charge is 0.240 e. The predicted octanol–water partition coefficient (Wildman–Crippen LogP) is 2.07. The first-order valence-electron chi connectivity index (χ1n) is 4.24. The summed E-state index contributed by atoms with van der Waals surface area (Å²) in [5, 5.41) is 9.46. The summed E-state index contributed by atoms with van der Waals surface area (Å²) in [6.07, 6.45) is 1.43. The second kappa shape index (κ2) is 4.44. The Morgan fingerprint density at radius 3 is 2.86 bits per heavy atom. The van der Waals surface area contributed by atoms with E-state index in [1.165, 1.54) is 12.1 Å². The summed E-state index contributed by atoms with van der Waals surface area (Å²) in [6.45, 7) is 3.96. The third-order valence-corrected chi connectivity index (χ3v) is 1.76. The molecule has 0 unspecified atom stereocenters. The quantitative estimate of drug-likeness (QED) is 0.590. The highest BCUT2D eigenvalue weighted by Crippen LogP contribution is 2.38. The van der Waals surface area contributed by atoms with Crippen molar-refractivity contribution in [3.05, 3.63) is 17.7 Å². The monoisotopic (exact) mass is 193 g/mol. The van der Waals surface area contributed by atoms with Gasteiger partial charge in [0.05, 0.1) is 6.61 Å². The highest BCUT2D eigenvalue weighted by Gasteiger charge is 2.11. The first-order valence-corrected chi connectivity index (χ1v) is 4.24. The molecule has 1 aromatic carbocycles. The van der Waals surface area contributed by atoms with Crippen molar-refractivity contribution in [2.45, 2.75) is 13.8 Å². The number of hydrogen-bond acceptors (Lipinski definition) is 4. The van der Waals surface area contributed by atoms with Crippen molar-refractivity contribution >= 4 is 11.8 Å². The Bertz CT molecular complexity index is 381. The van der Waals surface area contributed by atoms with E-state index in [1.54, 1.807) is 19.9 Å². The number of hydrogen-bond donors (Lipinski definition) is 1. The predicted molar refractivity (Wildman–Crippen MR) is 51.8 cm³/mol. The van der Waals surface area contributed by atoms with Crippen LogP contribution in [0.4, 0.5) is 5.69 Å². The highest BCUT2D eigenvalue weighted by atomic mass is 16.5. The summed E-state index contributed by atoms with van der Waals surface area (Å²) < 4.78 is 5.18. The maximum absolute atomic E-state index is 10.2. The Morgan fingerprint density at radius 1 is 1.57 bits per heavy atom. The van der Waals surface area contributed by atoms with Crippen LogP contribution in [0.1, 0.15) is 12.5 Å². The van der Waals surface area contributed by atoms with Crippen molar-refractivity contribution in [2.75, 3.05) is 6.61 Å². The zero-order valence-electron chi connectivity index (χ0n) is 8.07. The van der Waals surface area contributed by atoms with E-state index in [1.807, 2.05) is 0 Å². The molecule has 0 fully saturated rings. The topological polar surface area (TPSA) is 58.9 Å². The molecule has 0 aliphatic carbocycles. The third kappa shape index (κ3) is 1.92. The van der Waals surface area contributed by atoms with Crippen molar-refractivity contribution < 1.29 is 14.6 Å². The number of aliphatic imine (C=N–C) groups is 1. The van der Waals surface area contributed by atoms with Crippen LogP contribution >= 0.6 is 0 Å². The summed E-state index contributed by atoms with van der Waals surface area (Å²) in [5.74, 6) is 0.210. The number of rotatable bonds is 3. The molecular weight excluding hydrogens is 182 g/mol. The van der Waals surface area contributed by atoms with Crippen LogP contribution in [0.2, 0.25) is 0 Å². The number of aryl methyl sites for hydroxylation is 1. The molecular formula is C10H11NO3. The molecule has 0 aliphatic rings. The van der Waals surface area contributed by atoms with Gasteiger partial charge in [-0.2, -0.15) is 4.99 Å². The van der Waals surface area contributed by atoms with E-state index in [0.29, 0.717) is 12.3 Å². The normalized spacial score (nSPS) is 9.29. The number of isocyanates is 1. The number of nitrogens with zero attached hydrogens (tertiary/aromatic N) is 1. The van der Waals surface area contributed by atoms with Gasteiger partial charge in [-0.05, 0) is 25.5 Å². The Labute approximate surface area is 81.9 Å². The van der Waals surface area contributed by atoms with Crippen LogP contribution in [0.5, 0.6) is 11.5 Å². The molecule has 1 aromatic rings. The Balaban J connectivity index is 3.33. The third-order valence-electron chi connectivity index (χ3n) is 1.76. The van der Waals surface area contributed by atoms with Crippen LogP contribution in [0.25, 0.3) is 0 Å². The van der Waals surface area contributed by atoms with Gasteiger partial charge in [0.1, 0.15) is 5.69 Å². The molecule has 0 atom stereocenters. The molecule has 4 nitrogen and oxygen atoms in total. The lowest BCUT2D eigenvalue weighted by Crippen LogP contribution is -1.93. The molecule has 74 valence electrons. The first kappa shape index (κ1) is 10.3. The van der Waals surface area contributed by atoms with Gasteiger partial charge in [-0.25, -0.2) is 4.79 Å². The average molecular weight is 193 g/mol. The minimum Gasteiger partial charge on any atom is -0.504 e. The van der Waals surface area contributed by atoms with E-state index in [4.69, 9.17) is 4.74 Å². The van der Waals surface area contributed by atoms with Gasteiger partial charge in [0.2, 0.25) is 6.08 Å². The zero-order valence-corrected chi connectivity index (χ0v) is 8.07. The number of phenolic OH excluding ortho intramolecular Hbond substituents is 1. The number of benzene rings is 1. The van der Waals surface area contributed by atoms with Crippen LogP contribution in [-0.2, 0) is 4.79 Å². The van der Waals surface area contributed by atoms with Gasteiger partial charge < -0.3 is 9.84 Å². The van der Waals surface area contributed by atoms with Crippen LogP contribution < -0.4 is 4.74 Å². The van der Waals surface area contributed by atoms with E-state index in [2.05, 4.69) is 4.99 Å². The van der Waals surface area contributed by atoms with E-state index >= 15 is 0 Å². The molecule has 0 spiro atoms. The molecule has 4 heteroatoms. The van der Waals surface area contributed by atoms with Gasteiger partial charge in [0.25, 0.3) is 0 Å². The summed E-state index contributed by atoms with van der Waals surface area (Å²) in [6, 6.07) is 3.16. The first-order chi connectivity index (χ1) is 6.70. The largest absolute Gasteiger partial charge is 0.504 e. The maximum atomic E-state index is 10.2. The molecule has 1 rings (SSSR count). The number of aromatic hydroxyl groups is 1. The lowest BCUT2D eigenvalue weighted by atomic mass is 10.2. The van der Waals surface area contributed by atoms with Crippen LogP contribution in [0.15, 0.2) is 17.1 Å². The lowest BCUT2D eigenvalue weighted by molar-refractivity contribution is 0.319. The van der Waals surface area contributed by atoms with E-state index < -0.39 is 0 Å². The fourth-order valence-corrected chi connectivity index (χ4v) is 1.13. The molecule has 1 N–H and O–H groups in total. The van der Waals surface area contributed by atoms with Crippen LogP contribution in [-0.4, -0.2) is 17.8 Å². The fourth-order valence-electron chi connectivity index (χ4n) is 1.13. The maximum Gasteiger partial charge on any atom is 0.240 e. The summed E-state index contributed by atoms with van der Waals surface area (Å²) in [7, 11) is 0. The molecule has 0 aromatic heterocycles. The molecule has 0 bridgehead atoms. The molecule has 0 aliphatic heterocycles. The highest BCUT2D eigenvalue weighted by molar-refractivity contribution is 5.66. The van der Waals surface area contributed by atoms with Gasteiger partial charge in [-0.1, -0.05) is 6.07 Å². The van der Waals surface area contributed by atoms with Crippen molar-refractivity contribution in [1.82, 2.24) is 0 Å². The molecule has 0 radical (unpaired) electrons. The van der Waals surface area contributed by atoms with Crippen molar-refractivity contribution in [1.29, 1.82) is 0 Å². The average Bonchev–Trinajstić information content (AvgIpc) is 2.17. The second-order valence-electron chi connectivity index (χ2n) is 2.72. The Hall–Kier alpha value is -1.80. The van der Waals surface area contributed by atoms with Crippen molar-refractivity contribution in [2.24, 2.45) is 4.99 Å².